The fourth-order valence-corrected chi connectivity index (χ4v) is 1.13. The third-order valence-electron chi connectivity index (χ3n) is 1.66. The molecule has 2 aliphatic carbocycles. The van der Waals surface area contributed by atoms with Crippen molar-refractivity contribution in [2.24, 2.45) is 0 Å². The van der Waals surface area contributed by atoms with E-state index >= 15 is 0 Å². The first-order chi connectivity index (χ1) is 4.97. The monoisotopic (exact) mass is 129 g/mol. The molecule has 0 radical (unpaired) electrons. The van der Waals surface area contributed by atoms with Crippen LogP contribution < -0.4 is 0 Å². The Morgan fingerprint density at radius 2 is 1.10 bits per heavy atom. The Morgan fingerprint density at radius 1 is 0.600 bits per heavy atom. The molecule has 0 heterocycles. The minimum atomic E-state index is 0. The smallest absolute Gasteiger partial charge is 0.0622 e. The quantitative estimate of drug-likeness (QED) is 0.513. The Balaban J connectivity index is 0.000000605. The molecule has 0 nitrogen and oxygen atoms in total. The second kappa shape index (κ2) is 2.14. The Morgan fingerprint density at radius 3 is 1.70 bits per heavy atom. The van der Waals surface area contributed by atoms with Crippen molar-refractivity contribution in [1.29, 1.82) is 0 Å². The van der Waals surface area contributed by atoms with Crippen LogP contribution in [0.1, 0.15) is 1.43 Å². The molecule has 0 amide bonds. The third kappa shape index (κ3) is 0.781. The van der Waals surface area contributed by atoms with Crippen molar-refractivity contribution in [3.05, 3.63) is 48.5 Å². The lowest BCUT2D eigenvalue weighted by molar-refractivity contribution is 1.84. The van der Waals surface area contributed by atoms with Gasteiger partial charge in [-0.25, -0.2) is 0 Å². The molecule has 0 bridgehead atoms. The van der Waals surface area contributed by atoms with Gasteiger partial charge in [0.05, 0.1) is 0 Å². The highest BCUT2D eigenvalue weighted by Gasteiger charge is 1.94. The SMILES string of the molecule is [H+].c1ccc2cccc-2cc1. The van der Waals surface area contributed by atoms with Gasteiger partial charge in [-0.1, -0.05) is 48.5 Å². The van der Waals surface area contributed by atoms with Gasteiger partial charge in [0.25, 0.3) is 0 Å². The molecular weight excluding hydrogens is 120 g/mol. The Labute approximate surface area is 62.0 Å². The van der Waals surface area contributed by atoms with Gasteiger partial charge < -0.3 is 0 Å². The summed E-state index contributed by atoms with van der Waals surface area (Å²) in [6.45, 7) is 0. The van der Waals surface area contributed by atoms with Crippen LogP contribution in [0.25, 0.3) is 11.1 Å². The molecule has 0 heteroatoms. The third-order valence-corrected chi connectivity index (χ3v) is 1.66. The van der Waals surface area contributed by atoms with E-state index in [9.17, 15) is 0 Å². The van der Waals surface area contributed by atoms with E-state index in [1.165, 1.54) is 11.1 Å². The van der Waals surface area contributed by atoms with Crippen molar-refractivity contribution in [3.8, 4) is 11.1 Å². The predicted octanol–water partition coefficient (Wildman–Crippen LogP) is 2.90. The van der Waals surface area contributed by atoms with Gasteiger partial charge in [0.1, 0.15) is 0 Å². The summed E-state index contributed by atoms with van der Waals surface area (Å²) in [4.78, 5) is 0. The first-order valence-corrected chi connectivity index (χ1v) is 3.40. The van der Waals surface area contributed by atoms with E-state index in [-0.39, 0.29) is 1.43 Å². The van der Waals surface area contributed by atoms with E-state index < -0.39 is 0 Å². The lowest BCUT2D eigenvalue weighted by atomic mass is 10.2. The first-order valence-electron chi connectivity index (χ1n) is 3.40. The van der Waals surface area contributed by atoms with E-state index in [1.807, 2.05) is 6.07 Å². The van der Waals surface area contributed by atoms with Crippen LogP contribution >= 0.6 is 0 Å². The average molecular weight is 129 g/mol. The van der Waals surface area contributed by atoms with E-state index in [2.05, 4.69) is 42.5 Å². The molecule has 0 atom stereocenters. The molecular formula is C10H9+. The van der Waals surface area contributed by atoms with Gasteiger partial charge in [-0.3, -0.25) is 0 Å². The molecule has 0 aliphatic heterocycles. The van der Waals surface area contributed by atoms with Crippen LogP contribution in [0, 0.1) is 0 Å². The van der Waals surface area contributed by atoms with Crippen molar-refractivity contribution >= 4 is 0 Å². The van der Waals surface area contributed by atoms with Crippen molar-refractivity contribution in [2.75, 3.05) is 0 Å². The zero-order chi connectivity index (χ0) is 6.81. The Kier molecular flexibility index (Phi) is 1.17. The van der Waals surface area contributed by atoms with E-state index in [0.29, 0.717) is 0 Å². The summed E-state index contributed by atoms with van der Waals surface area (Å²) < 4.78 is 0. The largest absolute Gasteiger partial charge is 1.00 e. The number of hydrogen-bond donors (Lipinski definition) is 0. The molecule has 0 fully saturated rings. The van der Waals surface area contributed by atoms with Gasteiger partial charge >= 0.3 is 1.43 Å². The van der Waals surface area contributed by atoms with Gasteiger partial charge in [-0.05, 0) is 11.1 Å². The minimum absolute atomic E-state index is 0. The molecule has 0 aromatic heterocycles. The summed E-state index contributed by atoms with van der Waals surface area (Å²) in [5.74, 6) is 0. The minimum Gasteiger partial charge on any atom is -0.0622 e. The lowest BCUT2D eigenvalue weighted by Crippen LogP contribution is -1.59. The summed E-state index contributed by atoms with van der Waals surface area (Å²) in [6, 6.07) is 16.7. The molecule has 2 aliphatic rings. The maximum absolute atomic E-state index is 2.12. The van der Waals surface area contributed by atoms with Crippen molar-refractivity contribution in [2.45, 2.75) is 0 Å². The molecule has 0 aromatic carbocycles. The highest BCUT2D eigenvalue weighted by Crippen LogP contribution is 2.19. The normalized spacial score (nSPS) is 10.0. The topological polar surface area (TPSA) is 0 Å². The second-order valence-corrected chi connectivity index (χ2v) is 2.35. The van der Waals surface area contributed by atoms with Gasteiger partial charge in [-0.2, -0.15) is 0 Å². The number of hydrogen-bond acceptors (Lipinski definition) is 0. The highest BCUT2D eigenvalue weighted by molar-refractivity contribution is 5.65. The molecule has 0 aromatic rings. The maximum atomic E-state index is 2.12. The average Bonchev–Trinajstić information content (AvgIpc) is 2.28. The van der Waals surface area contributed by atoms with Crippen LogP contribution in [0.15, 0.2) is 48.5 Å². The van der Waals surface area contributed by atoms with Crippen LogP contribution in [-0.2, 0) is 0 Å². The van der Waals surface area contributed by atoms with Gasteiger partial charge in [0.2, 0.25) is 0 Å². The molecule has 0 saturated carbocycles. The standard InChI is InChI=1S/C10H8/c1-2-5-9-7-4-8-10(9)6-3-1/h1-8H/p+1. The molecule has 10 heavy (non-hydrogen) atoms. The summed E-state index contributed by atoms with van der Waals surface area (Å²) in [5, 5.41) is 0. The van der Waals surface area contributed by atoms with Gasteiger partial charge in [0, 0.05) is 0 Å². The maximum Gasteiger partial charge on any atom is 1.00 e. The van der Waals surface area contributed by atoms with Crippen LogP contribution in [0.5, 0.6) is 0 Å². The van der Waals surface area contributed by atoms with Crippen LogP contribution in [0.2, 0.25) is 0 Å². The summed E-state index contributed by atoms with van der Waals surface area (Å²) in [6.07, 6.45) is 0. The van der Waals surface area contributed by atoms with Crippen molar-refractivity contribution < 1.29 is 1.43 Å². The van der Waals surface area contributed by atoms with Gasteiger partial charge in [0.15, 0.2) is 0 Å². The van der Waals surface area contributed by atoms with Crippen molar-refractivity contribution in [3.63, 3.8) is 0 Å². The number of rotatable bonds is 0. The van der Waals surface area contributed by atoms with Crippen LogP contribution in [0.3, 0.4) is 0 Å². The highest BCUT2D eigenvalue weighted by atomic mass is 14.0. The predicted molar refractivity (Wildman–Crippen MR) is 44.2 cm³/mol. The number of fused-ring (bicyclic) bond motifs is 1. The summed E-state index contributed by atoms with van der Waals surface area (Å²) in [5.41, 5.74) is 2.62. The molecule has 0 N–H and O–H groups in total. The Hall–Kier alpha value is -1.30. The zero-order valence-corrected chi connectivity index (χ0v) is 5.62. The van der Waals surface area contributed by atoms with E-state index in [0.717, 1.165) is 0 Å². The van der Waals surface area contributed by atoms with Crippen LogP contribution in [0.4, 0.5) is 0 Å². The summed E-state index contributed by atoms with van der Waals surface area (Å²) >= 11 is 0. The molecule has 0 spiro atoms. The first kappa shape index (κ1) is 5.48. The second-order valence-electron chi connectivity index (χ2n) is 2.35. The molecule has 0 unspecified atom stereocenters. The molecule has 0 saturated heterocycles. The lowest BCUT2D eigenvalue weighted by Gasteiger charge is -1.85. The fraction of sp³-hybridized carbons (Fsp3) is 0. The summed E-state index contributed by atoms with van der Waals surface area (Å²) in [7, 11) is 0. The van der Waals surface area contributed by atoms with E-state index in [4.69, 9.17) is 0 Å². The zero-order valence-electron chi connectivity index (χ0n) is 6.62. The molecule has 48 valence electrons. The van der Waals surface area contributed by atoms with E-state index in [1.54, 1.807) is 0 Å². The Bertz CT molecular complexity index is 276. The van der Waals surface area contributed by atoms with Crippen LogP contribution in [-0.4, -0.2) is 0 Å². The van der Waals surface area contributed by atoms with Gasteiger partial charge in [-0.15, -0.1) is 0 Å². The molecule has 2 rings (SSSR count). The fourth-order valence-electron chi connectivity index (χ4n) is 1.13. The van der Waals surface area contributed by atoms with Crippen molar-refractivity contribution in [1.82, 2.24) is 0 Å².